The van der Waals surface area contributed by atoms with Crippen LogP contribution in [-0.4, -0.2) is 64.3 Å². The van der Waals surface area contributed by atoms with Gasteiger partial charge in [-0.25, -0.2) is 9.59 Å². The molecule has 2 saturated heterocycles. The molecule has 172 valence electrons. The predicted octanol–water partition coefficient (Wildman–Crippen LogP) is 3.47. The van der Waals surface area contributed by atoms with Gasteiger partial charge in [-0.05, 0) is 36.1 Å². The molecule has 8 nitrogen and oxygen atoms in total. The Morgan fingerprint density at radius 1 is 1.00 bits per heavy atom. The number of urea groups is 1. The summed E-state index contributed by atoms with van der Waals surface area (Å²) in [7, 11) is 0. The number of carbonyl (C=O) groups is 4. The van der Waals surface area contributed by atoms with Crippen LogP contribution in [0, 0.1) is 0 Å². The highest BCUT2D eigenvalue weighted by Gasteiger charge is 2.44. The third kappa shape index (κ3) is 5.34. The van der Waals surface area contributed by atoms with Crippen LogP contribution in [0.15, 0.2) is 54.6 Å². The van der Waals surface area contributed by atoms with E-state index in [9.17, 15) is 19.2 Å². The maximum absolute atomic E-state index is 13.1. The van der Waals surface area contributed by atoms with E-state index >= 15 is 0 Å². The van der Waals surface area contributed by atoms with Gasteiger partial charge in [-0.1, -0.05) is 54.1 Å². The van der Waals surface area contributed by atoms with Crippen molar-refractivity contribution in [2.24, 2.45) is 0 Å². The minimum absolute atomic E-state index is 0.147. The fourth-order valence-electron chi connectivity index (χ4n) is 4.10. The highest BCUT2D eigenvalue weighted by Crippen LogP contribution is 2.23. The Kier molecular flexibility index (Phi) is 6.93. The summed E-state index contributed by atoms with van der Waals surface area (Å²) in [5, 5.41) is 0.575. The first-order valence-corrected chi connectivity index (χ1v) is 11.2. The Balaban J connectivity index is 1.36. The molecule has 33 heavy (non-hydrogen) atoms. The molecule has 2 heterocycles. The van der Waals surface area contributed by atoms with E-state index in [2.05, 4.69) is 0 Å². The first-order valence-electron chi connectivity index (χ1n) is 10.8. The number of likely N-dealkylation sites (tertiary alicyclic amines) is 1. The van der Waals surface area contributed by atoms with Crippen molar-refractivity contribution < 1.29 is 23.9 Å². The summed E-state index contributed by atoms with van der Waals surface area (Å²) in [6.45, 7) is 0.846. The number of hydrogen-bond acceptors (Lipinski definition) is 5. The molecule has 0 N–H and O–H groups in total. The van der Waals surface area contributed by atoms with Gasteiger partial charge in [0.2, 0.25) is 11.8 Å². The van der Waals surface area contributed by atoms with E-state index in [1.807, 2.05) is 36.4 Å². The molecule has 0 spiro atoms. The van der Waals surface area contributed by atoms with Gasteiger partial charge in [-0.2, -0.15) is 0 Å². The molecule has 2 aliphatic rings. The summed E-state index contributed by atoms with van der Waals surface area (Å²) < 4.78 is 5.36. The van der Waals surface area contributed by atoms with Crippen molar-refractivity contribution in [1.29, 1.82) is 0 Å². The Labute approximate surface area is 196 Å². The highest BCUT2D eigenvalue weighted by atomic mass is 35.5. The molecule has 0 saturated carbocycles. The summed E-state index contributed by atoms with van der Waals surface area (Å²) in [6, 6.07) is 15.4. The molecule has 5 amide bonds. The zero-order valence-electron chi connectivity index (χ0n) is 18.0. The fraction of sp³-hybridized carbons (Fsp3) is 0.333. The van der Waals surface area contributed by atoms with E-state index in [1.165, 1.54) is 4.90 Å². The third-order valence-electron chi connectivity index (χ3n) is 5.81. The third-order valence-corrected chi connectivity index (χ3v) is 6.05. The van der Waals surface area contributed by atoms with Gasteiger partial charge in [-0.15, -0.1) is 0 Å². The Morgan fingerprint density at radius 2 is 1.76 bits per heavy atom. The first-order chi connectivity index (χ1) is 15.9. The molecule has 0 aliphatic carbocycles. The number of rotatable bonds is 6. The minimum Gasteiger partial charge on any atom is -0.445 e. The van der Waals surface area contributed by atoms with Crippen molar-refractivity contribution in [3.05, 3.63) is 70.7 Å². The second-order valence-electron chi connectivity index (χ2n) is 8.08. The Bertz CT molecular complexity index is 1060. The van der Waals surface area contributed by atoms with Gasteiger partial charge in [0.25, 0.3) is 0 Å². The topological polar surface area (TPSA) is 87.2 Å². The Hall–Kier alpha value is -3.39. The molecular weight excluding hydrogens is 446 g/mol. The van der Waals surface area contributed by atoms with Gasteiger partial charge in [0.1, 0.15) is 13.0 Å². The summed E-state index contributed by atoms with van der Waals surface area (Å²) in [6.07, 6.45) is 0.0137. The molecule has 2 fully saturated rings. The van der Waals surface area contributed by atoms with E-state index in [0.717, 1.165) is 20.9 Å². The normalized spacial score (nSPS) is 18.8. The second kappa shape index (κ2) is 10.0. The number of hydrogen-bond donors (Lipinski definition) is 0. The molecule has 2 aromatic carbocycles. The summed E-state index contributed by atoms with van der Waals surface area (Å²) in [5.41, 5.74) is 1.76. The number of benzene rings is 2. The van der Waals surface area contributed by atoms with Crippen molar-refractivity contribution in [2.45, 2.75) is 31.9 Å². The zero-order chi connectivity index (χ0) is 23.4. The summed E-state index contributed by atoms with van der Waals surface area (Å²) in [5.74, 6) is -1.05. The SMILES string of the molecule is O=C(OCc1ccccc1)N1CC[C@@H](N2C(=O)CC(=O)N(CCc3cccc(Cl)c3)C2=O)C1. The standard InChI is InChI=1S/C24H24ClN3O5/c25-19-8-4-7-17(13-19)9-12-27-21(29)14-22(30)28(23(27)31)20-10-11-26(15-20)24(32)33-16-18-5-2-1-3-6-18/h1-8,13,20H,9-12,14-16H2/t20-/m1/s1. The van der Waals surface area contributed by atoms with E-state index in [4.69, 9.17) is 16.3 Å². The number of halogens is 1. The predicted molar refractivity (Wildman–Crippen MR) is 120 cm³/mol. The van der Waals surface area contributed by atoms with Gasteiger partial charge < -0.3 is 9.64 Å². The van der Waals surface area contributed by atoms with Gasteiger partial charge in [0.15, 0.2) is 0 Å². The van der Waals surface area contributed by atoms with Crippen LogP contribution in [0.1, 0.15) is 24.0 Å². The molecular formula is C24H24ClN3O5. The van der Waals surface area contributed by atoms with Crippen molar-refractivity contribution in [1.82, 2.24) is 14.7 Å². The van der Waals surface area contributed by atoms with Gasteiger partial charge in [-0.3, -0.25) is 19.4 Å². The zero-order valence-corrected chi connectivity index (χ0v) is 18.7. The van der Waals surface area contributed by atoms with Crippen LogP contribution in [-0.2, 0) is 27.4 Å². The van der Waals surface area contributed by atoms with E-state index < -0.39 is 30.0 Å². The number of amides is 5. The molecule has 4 rings (SSSR count). The smallest absolute Gasteiger partial charge is 0.410 e. The van der Waals surface area contributed by atoms with Crippen LogP contribution in [0.25, 0.3) is 0 Å². The second-order valence-corrected chi connectivity index (χ2v) is 8.51. The highest BCUT2D eigenvalue weighted by molar-refractivity contribution is 6.30. The van der Waals surface area contributed by atoms with Crippen LogP contribution in [0.3, 0.4) is 0 Å². The van der Waals surface area contributed by atoms with Gasteiger partial charge >= 0.3 is 12.1 Å². The quantitative estimate of drug-likeness (QED) is 0.604. The van der Waals surface area contributed by atoms with E-state index in [-0.39, 0.29) is 26.1 Å². The number of barbiturate groups is 1. The van der Waals surface area contributed by atoms with Crippen LogP contribution in [0.5, 0.6) is 0 Å². The molecule has 9 heteroatoms. The fourth-order valence-corrected chi connectivity index (χ4v) is 4.31. The molecule has 1 atom stereocenters. The van der Waals surface area contributed by atoms with Crippen molar-refractivity contribution in [3.63, 3.8) is 0 Å². The lowest BCUT2D eigenvalue weighted by Gasteiger charge is -2.36. The maximum Gasteiger partial charge on any atom is 0.410 e. The molecule has 0 bridgehead atoms. The monoisotopic (exact) mass is 469 g/mol. The largest absolute Gasteiger partial charge is 0.445 e. The van der Waals surface area contributed by atoms with Crippen molar-refractivity contribution >= 4 is 35.5 Å². The number of nitrogens with zero attached hydrogens (tertiary/aromatic N) is 3. The van der Waals surface area contributed by atoms with Crippen molar-refractivity contribution in [2.75, 3.05) is 19.6 Å². The van der Waals surface area contributed by atoms with Crippen molar-refractivity contribution in [3.8, 4) is 0 Å². The molecule has 0 unspecified atom stereocenters. The lowest BCUT2D eigenvalue weighted by atomic mass is 10.1. The van der Waals surface area contributed by atoms with Gasteiger partial charge in [0.05, 0.1) is 6.04 Å². The van der Waals surface area contributed by atoms with Crippen LogP contribution in [0.4, 0.5) is 9.59 Å². The summed E-state index contributed by atoms with van der Waals surface area (Å²) in [4.78, 5) is 54.2. The number of imide groups is 2. The molecule has 0 radical (unpaired) electrons. The molecule has 2 aliphatic heterocycles. The lowest BCUT2D eigenvalue weighted by molar-refractivity contribution is -0.143. The maximum atomic E-state index is 13.1. The number of carbonyl (C=O) groups excluding carboxylic acids is 4. The average molecular weight is 470 g/mol. The average Bonchev–Trinajstić information content (AvgIpc) is 3.27. The van der Waals surface area contributed by atoms with E-state index in [1.54, 1.807) is 18.2 Å². The lowest BCUT2D eigenvalue weighted by Crippen LogP contribution is -2.59. The number of ether oxygens (including phenoxy) is 1. The van der Waals surface area contributed by atoms with Crippen LogP contribution >= 0.6 is 11.6 Å². The van der Waals surface area contributed by atoms with Crippen LogP contribution < -0.4 is 0 Å². The Morgan fingerprint density at radius 3 is 2.52 bits per heavy atom. The van der Waals surface area contributed by atoms with Gasteiger partial charge in [0, 0.05) is 24.7 Å². The minimum atomic E-state index is -0.636. The van der Waals surface area contributed by atoms with Crippen LogP contribution in [0.2, 0.25) is 5.02 Å². The summed E-state index contributed by atoms with van der Waals surface area (Å²) >= 11 is 6.01. The molecule has 0 aromatic heterocycles. The first kappa shape index (κ1) is 22.8. The van der Waals surface area contributed by atoms with E-state index in [0.29, 0.717) is 24.4 Å². The molecule has 2 aromatic rings.